The Hall–Kier alpha value is -3.89. The summed E-state index contributed by atoms with van der Waals surface area (Å²) in [5.41, 5.74) is 15.6. The number of hydrazine groups is 1. The minimum Gasteiger partial charge on any atom is -0.494 e. The van der Waals surface area contributed by atoms with Crippen LogP contribution in [0.3, 0.4) is 0 Å². The maximum atomic E-state index is 13.8. The highest BCUT2D eigenvalue weighted by Gasteiger charge is 2.53. The third-order valence-electron chi connectivity index (χ3n) is 6.05. The SMILES string of the molecule is CNNC(=O)[C@@]1(Cc2ccccc2N=[N+]=[N-])N=C(c2ccc(OCCCO)cc2)O[C@H]1c1ccc(Br)cc1. The second-order valence-electron chi connectivity index (χ2n) is 8.54. The third-order valence-corrected chi connectivity index (χ3v) is 6.57. The van der Waals surface area contributed by atoms with Gasteiger partial charge in [-0.15, -0.1) is 0 Å². The van der Waals surface area contributed by atoms with Crippen LogP contribution >= 0.6 is 15.9 Å². The molecule has 0 radical (unpaired) electrons. The molecule has 1 aliphatic rings. The van der Waals surface area contributed by atoms with E-state index in [1.165, 1.54) is 0 Å². The average Bonchev–Trinajstić information content (AvgIpc) is 3.31. The lowest BCUT2D eigenvalue weighted by molar-refractivity contribution is -0.129. The second-order valence-corrected chi connectivity index (χ2v) is 9.46. The highest BCUT2D eigenvalue weighted by molar-refractivity contribution is 9.10. The number of benzene rings is 3. The monoisotopic (exact) mass is 578 g/mol. The topological polar surface area (TPSA) is 141 Å². The van der Waals surface area contributed by atoms with Gasteiger partial charge in [-0.2, -0.15) is 0 Å². The number of rotatable bonds is 11. The molecule has 3 aromatic rings. The first kappa shape index (κ1) is 27.2. The zero-order chi connectivity index (χ0) is 27.0. The molecule has 0 spiro atoms. The zero-order valence-corrected chi connectivity index (χ0v) is 22.3. The number of aliphatic hydroxyl groups is 1. The number of amides is 1. The summed E-state index contributed by atoms with van der Waals surface area (Å²) < 4.78 is 13.0. The fourth-order valence-electron chi connectivity index (χ4n) is 4.24. The van der Waals surface area contributed by atoms with Crippen molar-refractivity contribution < 1.29 is 19.4 Å². The molecule has 1 heterocycles. The molecule has 38 heavy (non-hydrogen) atoms. The van der Waals surface area contributed by atoms with Crippen LogP contribution in [0, 0.1) is 0 Å². The quantitative estimate of drug-likeness (QED) is 0.0974. The summed E-state index contributed by atoms with van der Waals surface area (Å²) in [6.45, 7) is 0.455. The van der Waals surface area contributed by atoms with Crippen molar-refractivity contribution in [3.05, 3.63) is 104 Å². The van der Waals surface area contributed by atoms with Crippen LogP contribution in [0.25, 0.3) is 10.4 Å². The van der Waals surface area contributed by atoms with E-state index in [2.05, 4.69) is 36.8 Å². The number of aliphatic hydroxyl groups excluding tert-OH is 1. The summed E-state index contributed by atoms with van der Waals surface area (Å²) in [7, 11) is 1.60. The highest BCUT2D eigenvalue weighted by atomic mass is 79.9. The number of aliphatic imine (C=N–C) groups is 1. The molecule has 0 fully saturated rings. The van der Waals surface area contributed by atoms with Crippen molar-refractivity contribution in [3.63, 3.8) is 0 Å². The molecular formula is C27H27BrN6O4. The van der Waals surface area contributed by atoms with Crippen molar-refractivity contribution in [2.24, 2.45) is 10.1 Å². The summed E-state index contributed by atoms with van der Waals surface area (Å²) in [4.78, 5) is 21.6. The number of ether oxygens (including phenoxy) is 2. The largest absolute Gasteiger partial charge is 0.494 e. The van der Waals surface area contributed by atoms with Crippen molar-refractivity contribution in [2.75, 3.05) is 20.3 Å². The molecule has 0 aliphatic carbocycles. The molecule has 196 valence electrons. The fraction of sp³-hybridized carbons (Fsp3) is 0.259. The first-order valence-electron chi connectivity index (χ1n) is 12.0. The van der Waals surface area contributed by atoms with Crippen molar-refractivity contribution in [3.8, 4) is 5.75 Å². The Bertz CT molecular complexity index is 1340. The minimum absolute atomic E-state index is 0.0553. The molecule has 1 aliphatic heterocycles. The van der Waals surface area contributed by atoms with Crippen LogP contribution in [0.5, 0.6) is 5.75 Å². The van der Waals surface area contributed by atoms with E-state index < -0.39 is 17.6 Å². The van der Waals surface area contributed by atoms with Crippen LogP contribution in [0.1, 0.15) is 29.2 Å². The van der Waals surface area contributed by atoms with Gasteiger partial charge < -0.3 is 14.6 Å². The van der Waals surface area contributed by atoms with Crippen LogP contribution in [0.2, 0.25) is 0 Å². The van der Waals surface area contributed by atoms with Crippen molar-refractivity contribution in [2.45, 2.75) is 24.5 Å². The Labute approximate surface area is 228 Å². The van der Waals surface area contributed by atoms with Gasteiger partial charge in [-0.3, -0.25) is 10.2 Å². The number of hydrogen-bond donors (Lipinski definition) is 3. The van der Waals surface area contributed by atoms with Crippen LogP contribution in [-0.4, -0.2) is 42.7 Å². The van der Waals surface area contributed by atoms with Gasteiger partial charge in [0.05, 0.1) is 6.61 Å². The maximum Gasteiger partial charge on any atom is 0.266 e. The van der Waals surface area contributed by atoms with Gasteiger partial charge in [0.25, 0.3) is 5.91 Å². The fourth-order valence-corrected chi connectivity index (χ4v) is 4.50. The lowest BCUT2D eigenvalue weighted by Crippen LogP contribution is -2.53. The summed E-state index contributed by atoms with van der Waals surface area (Å²) in [6.07, 6.45) is -0.131. The van der Waals surface area contributed by atoms with E-state index in [1.807, 2.05) is 48.5 Å². The van der Waals surface area contributed by atoms with Gasteiger partial charge in [0, 0.05) is 47.1 Å². The molecule has 0 aromatic heterocycles. The molecule has 0 unspecified atom stereocenters. The number of carbonyl (C=O) groups is 1. The van der Waals surface area contributed by atoms with Gasteiger partial charge in [0.2, 0.25) is 5.90 Å². The van der Waals surface area contributed by atoms with Gasteiger partial charge in [0.15, 0.2) is 11.6 Å². The van der Waals surface area contributed by atoms with E-state index in [-0.39, 0.29) is 13.0 Å². The molecule has 0 bridgehead atoms. The van der Waals surface area contributed by atoms with E-state index >= 15 is 0 Å². The van der Waals surface area contributed by atoms with E-state index in [4.69, 9.17) is 25.1 Å². The van der Waals surface area contributed by atoms with E-state index in [0.29, 0.717) is 41.5 Å². The van der Waals surface area contributed by atoms with Gasteiger partial charge >= 0.3 is 0 Å². The number of halogens is 1. The van der Waals surface area contributed by atoms with Gasteiger partial charge in [-0.05, 0) is 53.1 Å². The smallest absolute Gasteiger partial charge is 0.266 e. The molecule has 3 aromatic carbocycles. The molecule has 3 N–H and O–H groups in total. The number of hydrogen-bond acceptors (Lipinski definition) is 7. The van der Waals surface area contributed by atoms with Gasteiger partial charge in [-0.25, -0.2) is 10.4 Å². The van der Waals surface area contributed by atoms with Crippen LogP contribution in [0.15, 0.2) is 87.4 Å². The molecule has 1 amide bonds. The normalized spacial score (nSPS) is 18.2. The highest BCUT2D eigenvalue weighted by Crippen LogP contribution is 2.43. The van der Waals surface area contributed by atoms with E-state index in [9.17, 15) is 4.79 Å². The first-order chi connectivity index (χ1) is 18.5. The predicted molar refractivity (Wildman–Crippen MR) is 147 cm³/mol. The summed E-state index contributed by atoms with van der Waals surface area (Å²) >= 11 is 3.46. The molecular weight excluding hydrogens is 552 g/mol. The van der Waals surface area contributed by atoms with E-state index in [1.54, 1.807) is 31.3 Å². The standard InChI is InChI=1S/C27H27BrN6O4/c1-30-33-26(36)27(17-20-5-2-3-6-23(20)32-34-29)24(18-7-11-21(28)12-8-18)38-25(31-27)19-9-13-22(14-10-19)37-16-4-15-35/h2-3,5-14,24,30,35H,4,15-17H2,1H3,(H,33,36)/t24-,27-/m0/s1. The maximum absolute atomic E-state index is 13.8. The summed E-state index contributed by atoms with van der Waals surface area (Å²) in [5.74, 6) is 0.544. The molecule has 0 saturated heterocycles. The Morgan fingerprint density at radius 3 is 2.61 bits per heavy atom. The lowest BCUT2D eigenvalue weighted by Gasteiger charge is -2.31. The van der Waals surface area contributed by atoms with Crippen LogP contribution < -0.4 is 15.6 Å². The summed E-state index contributed by atoms with van der Waals surface area (Å²) in [5, 5.41) is 12.8. The number of nitrogens with one attached hydrogen (secondary N) is 2. The Morgan fingerprint density at radius 2 is 1.92 bits per heavy atom. The number of carbonyl (C=O) groups excluding carboxylic acids is 1. The average molecular weight is 579 g/mol. The van der Waals surface area contributed by atoms with Gasteiger partial charge in [0.1, 0.15) is 5.75 Å². The van der Waals surface area contributed by atoms with Crippen LogP contribution in [-0.2, 0) is 16.0 Å². The Morgan fingerprint density at radius 1 is 1.18 bits per heavy atom. The van der Waals surface area contributed by atoms with Crippen LogP contribution in [0.4, 0.5) is 5.69 Å². The van der Waals surface area contributed by atoms with Crippen molar-refractivity contribution >= 4 is 33.4 Å². The lowest BCUT2D eigenvalue weighted by atomic mass is 9.81. The predicted octanol–water partition coefficient (Wildman–Crippen LogP) is 4.90. The van der Waals surface area contributed by atoms with Gasteiger partial charge in [-0.1, -0.05) is 57.4 Å². The van der Waals surface area contributed by atoms with E-state index in [0.717, 1.165) is 10.0 Å². The molecule has 10 nitrogen and oxygen atoms in total. The molecule has 11 heteroatoms. The Balaban J connectivity index is 1.81. The minimum atomic E-state index is -1.43. The molecule has 4 rings (SSSR count). The second kappa shape index (κ2) is 12.6. The number of azide groups is 1. The summed E-state index contributed by atoms with van der Waals surface area (Å²) in [6, 6.07) is 21.8. The third kappa shape index (κ3) is 5.98. The number of nitrogens with zero attached hydrogens (tertiary/aromatic N) is 4. The van der Waals surface area contributed by atoms with Crippen molar-refractivity contribution in [1.29, 1.82) is 0 Å². The Kier molecular flexibility index (Phi) is 8.98. The zero-order valence-electron chi connectivity index (χ0n) is 20.7. The van der Waals surface area contributed by atoms with Crippen molar-refractivity contribution in [1.82, 2.24) is 10.9 Å². The molecule has 0 saturated carbocycles. The molecule has 2 atom stereocenters. The first-order valence-corrected chi connectivity index (χ1v) is 12.8.